The molecule has 1 heterocycles. The summed E-state index contributed by atoms with van der Waals surface area (Å²) in [4.78, 5) is 14.4. The standard InChI is InChI=1S/C14H22N4O2/c1-11(10-18-6-8-20-9-7-18)16-14(19)12-2-4-13(17-15)5-3-12/h2-5,11,17H,6-10,15H2,1H3,(H,16,19). The quantitative estimate of drug-likeness (QED) is 0.537. The Balaban J connectivity index is 1.82. The van der Waals surface area contributed by atoms with Gasteiger partial charge in [0.1, 0.15) is 0 Å². The largest absolute Gasteiger partial charge is 0.379 e. The summed E-state index contributed by atoms with van der Waals surface area (Å²) in [6.45, 7) is 6.26. The van der Waals surface area contributed by atoms with E-state index in [-0.39, 0.29) is 11.9 Å². The van der Waals surface area contributed by atoms with Gasteiger partial charge in [0.15, 0.2) is 0 Å². The van der Waals surface area contributed by atoms with Gasteiger partial charge in [-0.2, -0.15) is 0 Å². The summed E-state index contributed by atoms with van der Waals surface area (Å²) in [5.41, 5.74) is 3.96. The van der Waals surface area contributed by atoms with Crippen LogP contribution >= 0.6 is 0 Å². The van der Waals surface area contributed by atoms with Crippen molar-refractivity contribution in [3.63, 3.8) is 0 Å². The van der Waals surface area contributed by atoms with E-state index in [1.807, 2.05) is 6.92 Å². The van der Waals surface area contributed by atoms with Crippen molar-refractivity contribution >= 4 is 11.6 Å². The number of hydrogen-bond donors (Lipinski definition) is 3. The Morgan fingerprint density at radius 3 is 2.60 bits per heavy atom. The lowest BCUT2D eigenvalue weighted by Crippen LogP contribution is -2.46. The first-order valence-corrected chi connectivity index (χ1v) is 6.86. The molecule has 0 bridgehead atoms. The first-order chi connectivity index (χ1) is 9.69. The molecule has 0 saturated carbocycles. The minimum absolute atomic E-state index is 0.0608. The average molecular weight is 278 g/mol. The fourth-order valence-electron chi connectivity index (χ4n) is 2.24. The lowest BCUT2D eigenvalue weighted by Gasteiger charge is -2.29. The molecule has 4 N–H and O–H groups in total. The number of carbonyl (C=O) groups excluding carboxylic acids is 1. The topological polar surface area (TPSA) is 79.6 Å². The molecule has 1 atom stereocenters. The molecule has 1 saturated heterocycles. The summed E-state index contributed by atoms with van der Waals surface area (Å²) in [7, 11) is 0. The summed E-state index contributed by atoms with van der Waals surface area (Å²) in [5, 5.41) is 3.01. The van der Waals surface area contributed by atoms with E-state index in [9.17, 15) is 4.79 Å². The van der Waals surface area contributed by atoms with Gasteiger partial charge in [0.2, 0.25) is 0 Å². The van der Waals surface area contributed by atoms with Crippen molar-refractivity contribution in [2.75, 3.05) is 38.3 Å². The minimum Gasteiger partial charge on any atom is -0.379 e. The zero-order chi connectivity index (χ0) is 14.4. The van der Waals surface area contributed by atoms with Crippen LogP contribution in [0.25, 0.3) is 0 Å². The fourth-order valence-corrected chi connectivity index (χ4v) is 2.24. The number of nitrogen functional groups attached to an aromatic ring is 1. The van der Waals surface area contributed by atoms with Gasteiger partial charge in [0.25, 0.3) is 5.91 Å². The molecule has 0 radical (unpaired) electrons. The van der Waals surface area contributed by atoms with Crippen molar-refractivity contribution in [2.24, 2.45) is 5.84 Å². The number of hydrogen-bond acceptors (Lipinski definition) is 5. The Kier molecular flexibility index (Phi) is 5.34. The molecule has 6 nitrogen and oxygen atoms in total. The third kappa shape index (κ3) is 4.19. The van der Waals surface area contributed by atoms with Crippen LogP contribution in [0, 0.1) is 0 Å². The van der Waals surface area contributed by atoms with Crippen molar-refractivity contribution in [3.8, 4) is 0 Å². The number of rotatable bonds is 5. The van der Waals surface area contributed by atoms with E-state index >= 15 is 0 Å². The van der Waals surface area contributed by atoms with Crippen LogP contribution in [0.2, 0.25) is 0 Å². The molecule has 1 fully saturated rings. The van der Waals surface area contributed by atoms with Crippen LogP contribution in [0.1, 0.15) is 17.3 Å². The molecule has 1 aromatic rings. The van der Waals surface area contributed by atoms with Crippen LogP contribution in [0.3, 0.4) is 0 Å². The monoisotopic (exact) mass is 278 g/mol. The average Bonchev–Trinajstić information content (AvgIpc) is 2.48. The predicted molar refractivity (Wildman–Crippen MR) is 78.4 cm³/mol. The molecular weight excluding hydrogens is 256 g/mol. The number of nitrogens with two attached hydrogens (primary N) is 1. The zero-order valence-electron chi connectivity index (χ0n) is 11.8. The summed E-state index contributed by atoms with van der Waals surface area (Å²) in [5.74, 6) is 5.23. The Bertz CT molecular complexity index is 429. The Hall–Kier alpha value is -1.63. The molecule has 20 heavy (non-hydrogen) atoms. The van der Waals surface area contributed by atoms with Gasteiger partial charge in [0.05, 0.1) is 13.2 Å². The lowest BCUT2D eigenvalue weighted by molar-refractivity contribution is 0.0342. The highest BCUT2D eigenvalue weighted by Crippen LogP contribution is 2.08. The van der Waals surface area contributed by atoms with Crippen molar-refractivity contribution in [1.82, 2.24) is 10.2 Å². The number of benzene rings is 1. The summed E-state index contributed by atoms with van der Waals surface area (Å²) < 4.78 is 5.31. The van der Waals surface area contributed by atoms with Gasteiger partial charge < -0.3 is 15.5 Å². The Labute approximate surface area is 119 Å². The number of ether oxygens (including phenoxy) is 1. The van der Waals surface area contributed by atoms with E-state index in [1.165, 1.54) is 0 Å². The highest BCUT2D eigenvalue weighted by Gasteiger charge is 2.15. The van der Waals surface area contributed by atoms with E-state index in [0.29, 0.717) is 5.56 Å². The molecule has 6 heteroatoms. The highest BCUT2D eigenvalue weighted by molar-refractivity contribution is 5.94. The van der Waals surface area contributed by atoms with Crippen LogP contribution in [0.15, 0.2) is 24.3 Å². The molecule has 110 valence electrons. The van der Waals surface area contributed by atoms with E-state index in [2.05, 4.69) is 15.6 Å². The third-order valence-electron chi connectivity index (χ3n) is 3.33. The fraction of sp³-hybridized carbons (Fsp3) is 0.500. The molecular formula is C14H22N4O2. The number of nitrogens with zero attached hydrogens (tertiary/aromatic N) is 1. The number of carbonyl (C=O) groups is 1. The second kappa shape index (κ2) is 7.23. The number of hydrazine groups is 1. The number of amides is 1. The first kappa shape index (κ1) is 14.8. The zero-order valence-corrected chi connectivity index (χ0v) is 11.8. The van der Waals surface area contributed by atoms with Gasteiger partial charge in [0, 0.05) is 36.9 Å². The van der Waals surface area contributed by atoms with Gasteiger partial charge in [-0.1, -0.05) is 0 Å². The summed E-state index contributed by atoms with van der Waals surface area (Å²) in [6, 6.07) is 7.18. The second-order valence-electron chi connectivity index (χ2n) is 5.01. The van der Waals surface area contributed by atoms with Crippen LogP contribution in [-0.4, -0.2) is 49.7 Å². The van der Waals surface area contributed by atoms with E-state index in [1.54, 1.807) is 24.3 Å². The van der Waals surface area contributed by atoms with Gasteiger partial charge in [-0.25, -0.2) is 0 Å². The van der Waals surface area contributed by atoms with Crippen molar-refractivity contribution < 1.29 is 9.53 Å². The van der Waals surface area contributed by atoms with Crippen LogP contribution in [0.4, 0.5) is 5.69 Å². The van der Waals surface area contributed by atoms with E-state index < -0.39 is 0 Å². The van der Waals surface area contributed by atoms with Crippen molar-refractivity contribution in [2.45, 2.75) is 13.0 Å². The highest BCUT2D eigenvalue weighted by atomic mass is 16.5. The normalized spacial score (nSPS) is 17.5. The molecule has 1 aliphatic rings. The van der Waals surface area contributed by atoms with Gasteiger partial charge >= 0.3 is 0 Å². The Morgan fingerprint density at radius 2 is 2.00 bits per heavy atom. The molecule has 0 aliphatic carbocycles. The minimum atomic E-state index is -0.0608. The van der Waals surface area contributed by atoms with E-state index in [0.717, 1.165) is 38.5 Å². The second-order valence-corrected chi connectivity index (χ2v) is 5.01. The molecule has 1 aliphatic heterocycles. The van der Waals surface area contributed by atoms with E-state index in [4.69, 9.17) is 10.6 Å². The summed E-state index contributed by atoms with van der Waals surface area (Å²) in [6.07, 6.45) is 0. The van der Waals surface area contributed by atoms with Crippen molar-refractivity contribution in [3.05, 3.63) is 29.8 Å². The van der Waals surface area contributed by atoms with Crippen LogP contribution in [0.5, 0.6) is 0 Å². The van der Waals surface area contributed by atoms with Crippen LogP contribution < -0.4 is 16.6 Å². The molecule has 1 unspecified atom stereocenters. The van der Waals surface area contributed by atoms with Crippen molar-refractivity contribution in [1.29, 1.82) is 0 Å². The molecule has 1 amide bonds. The predicted octanol–water partition coefficient (Wildman–Crippen LogP) is 0.423. The lowest BCUT2D eigenvalue weighted by atomic mass is 10.2. The molecule has 2 rings (SSSR count). The molecule has 0 aromatic heterocycles. The smallest absolute Gasteiger partial charge is 0.251 e. The third-order valence-corrected chi connectivity index (χ3v) is 3.33. The SMILES string of the molecule is CC(CN1CCOCC1)NC(=O)c1ccc(NN)cc1. The van der Waals surface area contributed by atoms with Crippen LogP contribution in [-0.2, 0) is 4.74 Å². The maximum absolute atomic E-state index is 12.1. The Morgan fingerprint density at radius 1 is 1.35 bits per heavy atom. The number of nitrogens with one attached hydrogen (secondary N) is 2. The van der Waals surface area contributed by atoms with Gasteiger partial charge in [-0.3, -0.25) is 15.5 Å². The molecule has 0 spiro atoms. The molecule has 1 aromatic carbocycles. The number of anilines is 1. The first-order valence-electron chi connectivity index (χ1n) is 6.86. The van der Waals surface area contributed by atoms with Gasteiger partial charge in [-0.15, -0.1) is 0 Å². The maximum atomic E-state index is 12.1. The summed E-state index contributed by atoms with van der Waals surface area (Å²) >= 11 is 0. The maximum Gasteiger partial charge on any atom is 0.251 e. The number of morpholine rings is 1. The van der Waals surface area contributed by atoms with Gasteiger partial charge in [-0.05, 0) is 31.2 Å².